The molecule has 0 saturated heterocycles. The van der Waals surface area contributed by atoms with Crippen molar-refractivity contribution in [1.29, 1.82) is 0 Å². The molecule has 0 bridgehead atoms. The number of benzene rings is 1. The fourth-order valence-corrected chi connectivity index (χ4v) is 4.60. The van der Waals surface area contributed by atoms with Crippen LogP contribution < -0.4 is 0 Å². The zero-order valence-corrected chi connectivity index (χ0v) is 21.6. The molecule has 0 aliphatic heterocycles. The maximum Gasteiger partial charge on any atom is 0.294 e. The Morgan fingerprint density at radius 1 is 0.829 bits per heavy atom. The number of carbonyl (C=O) groups is 2. The van der Waals surface area contributed by atoms with Crippen molar-refractivity contribution in [2.24, 2.45) is 0 Å². The van der Waals surface area contributed by atoms with Gasteiger partial charge in [-0.05, 0) is 43.9 Å². The zero-order valence-electron chi connectivity index (χ0n) is 20.8. The van der Waals surface area contributed by atoms with Crippen molar-refractivity contribution in [3.05, 3.63) is 52.5 Å². The second-order valence-corrected chi connectivity index (χ2v) is 10.0. The molecule has 0 amide bonds. The van der Waals surface area contributed by atoms with Crippen LogP contribution in [0, 0.1) is 0 Å². The van der Waals surface area contributed by atoms with Crippen LogP contribution in [0.2, 0.25) is 0 Å². The standard InChI is InChI=1S/C26H36O8S/c1-19-22(24(28)26(33-3)25(32-2)23(19)27)15-10-8-6-4-5-7-9-11-16-34-18-20-13-12-14-21(17-20)35(29,30)31/h12-14,17H,4-11,15-16,18H2,1-3H3,(H,29,30,31). The van der Waals surface area contributed by atoms with E-state index in [0.717, 1.165) is 51.4 Å². The molecule has 1 N–H and O–H groups in total. The Balaban J connectivity index is 1.54. The Labute approximate surface area is 208 Å². The number of allylic oxidation sites excluding steroid dienone is 2. The number of ether oxygens (including phenoxy) is 3. The van der Waals surface area contributed by atoms with Crippen molar-refractivity contribution in [3.63, 3.8) is 0 Å². The third-order valence-corrected chi connectivity index (χ3v) is 6.87. The van der Waals surface area contributed by atoms with Crippen molar-refractivity contribution in [2.75, 3.05) is 20.8 Å². The molecule has 1 aromatic carbocycles. The molecular formula is C26H36O8S. The normalized spacial score (nSPS) is 14.6. The molecule has 8 nitrogen and oxygen atoms in total. The summed E-state index contributed by atoms with van der Waals surface area (Å²) in [6.45, 7) is 2.57. The number of rotatable bonds is 16. The average molecular weight is 509 g/mol. The van der Waals surface area contributed by atoms with E-state index in [0.29, 0.717) is 36.3 Å². The molecule has 0 fully saturated rings. The molecule has 35 heavy (non-hydrogen) atoms. The predicted octanol–water partition coefficient (Wildman–Crippen LogP) is 4.93. The lowest BCUT2D eigenvalue weighted by Crippen LogP contribution is -2.25. The van der Waals surface area contributed by atoms with Gasteiger partial charge in [0, 0.05) is 17.8 Å². The third-order valence-electron chi connectivity index (χ3n) is 6.02. The van der Waals surface area contributed by atoms with Crippen LogP contribution in [0.4, 0.5) is 0 Å². The Morgan fingerprint density at radius 2 is 1.40 bits per heavy atom. The first-order valence-electron chi connectivity index (χ1n) is 12.0. The van der Waals surface area contributed by atoms with Crippen molar-refractivity contribution < 1.29 is 36.8 Å². The van der Waals surface area contributed by atoms with Gasteiger partial charge in [-0.1, -0.05) is 50.7 Å². The van der Waals surface area contributed by atoms with E-state index < -0.39 is 10.1 Å². The molecular weight excluding hydrogens is 472 g/mol. The van der Waals surface area contributed by atoms with Crippen molar-refractivity contribution >= 4 is 21.7 Å². The number of Topliss-reactive ketones (excluding diaryl/α,β-unsaturated/α-hetero) is 2. The molecule has 0 spiro atoms. The van der Waals surface area contributed by atoms with Crippen LogP contribution in [-0.2, 0) is 40.5 Å². The molecule has 0 unspecified atom stereocenters. The molecule has 194 valence electrons. The summed E-state index contributed by atoms with van der Waals surface area (Å²) in [7, 11) is -1.47. The molecule has 1 aliphatic carbocycles. The predicted molar refractivity (Wildman–Crippen MR) is 131 cm³/mol. The zero-order chi connectivity index (χ0) is 25.8. The van der Waals surface area contributed by atoms with E-state index in [1.807, 2.05) is 0 Å². The molecule has 2 rings (SSSR count). The Morgan fingerprint density at radius 3 is 2.00 bits per heavy atom. The molecule has 1 aromatic rings. The van der Waals surface area contributed by atoms with Crippen LogP contribution in [0.1, 0.15) is 70.3 Å². The third kappa shape index (κ3) is 8.59. The minimum absolute atomic E-state index is 0.00583. The van der Waals surface area contributed by atoms with E-state index in [9.17, 15) is 18.0 Å². The minimum Gasteiger partial charge on any atom is -0.489 e. The summed E-state index contributed by atoms with van der Waals surface area (Å²) in [5.74, 6) is -0.562. The van der Waals surface area contributed by atoms with E-state index in [1.165, 1.54) is 26.4 Å². The smallest absolute Gasteiger partial charge is 0.294 e. The summed E-state index contributed by atoms with van der Waals surface area (Å²) >= 11 is 0. The van der Waals surface area contributed by atoms with E-state index in [2.05, 4.69) is 0 Å². The lowest BCUT2D eigenvalue weighted by atomic mass is 9.89. The second kappa shape index (κ2) is 14.2. The van der Waals surface area contributed by atoms with Gasteiger partial charge in [0.2, 0.25) is 23.1 Å². The fraction of sp³-hybridized carbons (Fsp3) is 0.538. The highest BCUT2D eigenvalue weighted by Gasteiger charge is 2.34. The van der Waals surface area contributed by atoms with Crippen LogP contribution in [0.15, 0.2) is 51.8 Å². The monoisotopic (exact) mass is 508 g/mol. The summed E-state index contributed by atoms with van der Waals surface area (Å²) in [4.78, 5) is 24.9. The van der Waals surface area contributed by atoms with Gasteiger partial charge in [0.05, 0.1) is 25.7 Å². The van der Waals surface area contributed by atoms with Crippen LogP contribution in [0.3, 0.4) is 0 Å². The number of hydrogen-bond acceptors (Lipinski definition) is 7. The molecule has 0 saturated carbocycles. The number of methoxy groups -OCH3 is 2. The Hall–Kier alpha value is -2.49. The molecule has 9 heteroatoms. The van der Waals surface area contributed by atoms with Gasteiger partial charge in [0.25, 0.3) is 10.1 Å². The SMILES string of the molecule is COC1=C(OC)C(=O)C(CCCCCCCCCCOCc2cccc(S(=O)(=O)O)c2)=C(C)C1=O. The van der Waals surface area contributed by atoms with Gasteiger partial charge in [-0.25, -0.2) is 0 Å². The number of ketones is 2. The number of hydrogen-bond donors (Lipinski definition) is 1. The maximum atomic E-state index is 12.6. The molecule has 0 aromatic heterocycles. The van der Waals surface area contributed by atoms with Gasteiger partial charge >= 0.3 is 0 Å². The molecule has 0 heterocycles. The highest BCUT2D eigenvalue weighted by molar-refractivity contribution is 7.85. The molecule has 0 atom stereocenters. The average Bonchev–Trinajstić information content (AvgIpc) is 2.83. The van der Waals surface area contributed by atoms with Crippen LogP contribution in [-0.4, -0.2) is 45.4 Å². The van der Waals surface area contributed by atoms with Gasteiger partial charge in [-0.2, -0.15) is 8.42 Å². The summed E-state index contributed by atoms with van der Waals surface area (Å²) in [6.07, 6.45) is 8.82. The number of unbranched alkanes of at least 4 members (excludes halogenated alkanes) is 7. The lowest BCUT2D eigenvalue weighted by molar-refractivity contribution is -0.121. The highest BCUT2D eigenvalue weighted by Crippen LogP contribution is 2.28. The van der Waals surface area contributed by atoms with Crippen molar-refractivity contribution in [1.82, 2.24) is 0 Å². The maximum absolute atomic E-state index is 12.6. The molecule has 0 radical (unpaired) electrons. The minimum atomic E-state index is -4.20. The highest BCUT2D eigenvalue weighted by atomic mass is 32.2. The van der Waals surface area contributed by atoms with Gasteiger partial charge in [-0.3, -0.25) is 14.1 Å². The van der Waals surface area contributed by atoms with Gasteiger partial charge < -0.3 is 14.2 Å². The first-order chi connectivity index (χ1) is 16.7. The Kier molecular flexibility index (Phi) is 11.6. The number of carbonyl (C=O) groups excluding carboxylic acids is 2. The van der Waals surface area contributed by atoms with Crippen molar-refractivity contribution in [2.45, 2.75) is 76.2 Å². The van der Waals surface area contributed by atoms with E-state index in [4.69, 9.17) is 18.8 Å². The Bertz CT molecular complexity index is 1050. The molecule has 1 aliphatic rings. The first-order valence-corrected chi connectivity index (χ1v) is 13.4. The summed E-state index contributed by atoms with van der Waals surface area (Å²) < 4.78 is 47.2. The summed E-state index contributed by atoms with van der Waals surface area (Å²) in [5, 5.41) is 0. The van der Waals surface area contributed by atoms with E-state index in [1.54, 1.807) is 19.1 Å². The van der Waals surface area contributed by atoms with Crippen molar-refractivity contribution in [3.8, 4) is 0 Å². The fourth-order valence-electron chi connectivity index (χ4n) is 4.05. The topological polar surface area (TPSA) is 116 Å². The summed E-state index contributed by atoms with van der Waals surface area (Å²) in [5.41, 5.74) is 1.68. The van der Waals surface area contributed by atoms with Gasteiger partial charge in [-0.15, -0.1) is 0 Å². The van der Waals surface area contributed by atoms with E-state index in [-0.39, 0.29) is 28.0 Å². The largest absolute Gasteiger partial charge is 0.489 e. The second-order valence-electron chi connectivity index (χ2n) is 8.58. The van der Waals surface area contributed by atoms with Crippen LogP contribution >= 0.6 is 0 Å². The quantitative estimate of drug-likeness (QED) is 0.190. The summed E-state index contributed by atoms with van der Waals surface area (Å²) in [6, 6.07) is 6.11. The first kappa shape index (κ1) is 28.7. The van der Waals surface area contributed by atoms with Crippen LogP contribution in [0.25, 0.3) is 0 Å². The van der Waals surface area contributed by atoms with Crippen LogP contribution in [0.5, 0.6) is 0 Å². The van der Waals surface area contributed by atoms with Gasteiger partial charge in [0.15, 0.2) is 0 Å². The van der Waals surface area contributed by atoms with E-state index >= 15 is 0 Å². The lowest BCUT2D eigenvalue weighted by Gasteiger charge is -2.20. The van der Waals surface area contributed by atoms with Gasteiger partial charge in [0.1, 0.15) is 0 Å².